The Morgan fingerprint density at radius 2 is 1.69 bits per heavy atom. The van der Waals surface area contributed by atoms with Crippen LogP contribution in [0.2, 0.25) is 0 Å². The second kappa shape index (κ2) is 12.9. The molecule has 4 aromatic rings. The molecule has 3 N–H and O–H groups in total. The molecule has 0 saturated carbocycles. The highest BCUT2D eigenvalue weighted by molar-refractivity contribution is 5.84. The van der Waals surface area contributed by atoms with Crippen molar-refractivity contribution in [2.45, 2.75) is 32.5 Å². The molecule has 188 valence electrons. The molecule has 4 rings (SSSR count). The number of hydrogen-bond acceptors (Lipinski definition) is 4. The quantitative estimate of drug-likeness (QED) is 0.195. The van der Waals surface area contributed by atoms with Gasteiger partial charge in [-0.1, -0.05) is 43.0 Å². The highest BCUT2D eigenvalue weighted by atomic mass is 19.1. The number of fused-ring (bicyclic) bond motifs is 1. The summed E-state index contributed by atoms with van der Waals surface area (Å²) >= 11 is 0. The molecule has 0 unspecified atom stereocenters. The molecular weight excluding hydrogens is 453 g/mol. The zero-order valence-electron chi connectivity index (χ0n) is 20.8. The summed E-state index contributed by atoms with van der Waals surface area (Å²) in [5.41, 5.74) is 6.74. The van der Waals surface area contributed by atoms with Crippen molar-refractivity contribution in [2.24, 2.45) is 0 Å². The van der Waals surface area contributed by atoms with Crippen LogP contribution in [-0.2, 0) is 30.9 Å². The molecule has 1 aromatic heterocycles. The Morgan fingerprint density at radius 1 is 0.944 bits per heavy atom. The van der Waals surface area contributed by atoms with Crippen LogP contribution in [0, 0.1) is 5.82 Å². The van der Waals surface area contributed by atoms with Crippen LogP contribution in [0.1, 0.15) is 28.7 Å². The summed E-state index contributed by atoms with van der Waals surface area (Å²) in [4.78, 5) is 3.32. The van der Waals surface area contributed by atoms with E-state index in [1.54, 1.807) is 19.2 Å². The lowest BCUT2D eigenvalue weighted by molar-refractivity contribution is 0.139. The minimum absolute atomic E-state index is 0.237. The van der Waals surface area contributed by atoms with Gasteiger partial charge in [-0.2, -0.15) is 0 Å². The van der Waals surface area contributed by atoms with Gasteiger partial charge in [-0.05, 0) is 65.4 Å². The third-order valence-electron chi connectivity index (χ3n) is 6.12. The van der Waals surface area contributed by atoms with Gasteiger partial charge in [0.15, 0.2) is 0 Å². The number of hydrogen-bond donors (Lipinski definition) is 3. The van der Waals surface area contributed by atoms with Crippen LogP contribution in [0.25, 0.3) is 10.9 Å². The average Bonchev–Trinajstić information content (AvgIpc) is 3.30. The van der Waals surface area contributed by atoms with E-state index in [0.717, 1.165) is 55.0 Å². The normalized spacial score (nSPS) is 11.1. The number of aryl methyl sites for hydroxylation is 1. The predicted octanol–water partition coefficient (Wildman–Crippen LogP) is 5.86. The lowest BCUT2D eigenvalue weighted by Crippen LogP contribution is -2.18. The van der Waals surface area contributed by atoms with Crippen LogP contribution < -0.4 is 15.4 Å². The van der Waals surface area contributed by atoms with Gasteiger partial charge in [0, 0.05) is 42.4 Å². The van der Waals surface area contributed by atoms with Gasteiger partial charge in [0.25, 0.3) is 0 Å². The molecule has 0 aliphatic carbocycles. The van der Waals surface area contributed by atoms with Crippen molar-refractivity contribution in [3.05, 3.63) is 113 Å². The van der Waals surface area contributed by atoms with Crippen molar-refractivity contribution in [3.8, 4) is 5.75 Å². The van der Waals surface area contributed by atoms with Gasteiger partial charge in [-0.25, -0.2) is 4.39 Å². The number of nitrogens with one attached hydrogen (secondary N) is 3. The van der Waals surface area contributed by atoms with Crippen molar-refractivity contribution in [1.82, 2.24) is 15.6 Å². The molecule has 0 saturated heterocycles. The fourth-order valence-electron chi connectivity index (χ4n) is 4.08. The second-order valence-corrected chi connectivity index (χ2v) is 8.90. The number of halogens is 1. The standard InChI is InChI=1S/C30H34FN3O2/c1-22(20-36-21-25-9-11-27(31)12-10-25)33-15-3-4-23-5-7-24(8-6-23)17-32-18-26-19-34-30-14-13-28(35-2)16-29(26)30/h5-14,16,19,32-34H,1,3-4,15,17-18,20-21H2,2H3. The minimum Gasteiger partial charge on any atom is -0.497 e. The maximum absolute atomic E-state index is 12.9. The first-order chi connectivity index (χ1) is 17.6. The highest BCUT2D eigenvalue weighted by Crippen LogP contribution is 2.23. The molecule has 0 fully saturated rings. The van der Waals surface area contributed by atoms with E-state index in [-0.39, 0.29) is 5.82 Å². The zero-order valence-corrected chi connectivity index (χ0v) is 20.8. The van der Waals surface area contributed by atoms with Gasteiger partial charge in [0.1, 0.15) is 11.6 Å². The van der Waals surface area contributed by atoms with Crippen molar-refractivity contribution in [1.29, 1.82) is 0 Å². The van der Waals surface area contributed by atoms with Gasteiger partial charge < -0.3 is 25.1 Å². The Bertz CT molecular complexity index is 1250. The van der Waals surface area contributed by atoms with Gasteiger partial charge in [0.05, 0.1) is 20.3 Å². The number of ether oxygens (including phenoxy) is 2. The third kappa shape index (κ3) is 7.44. The van der Waals surface area contributed by atoms with Gasteiger partial charge >= 0.3 is 0 Å². The maximum atomic E-state index is 12.9. The highest BCUT2D eigenvalue weighted by Gasteiger charge is 2.05. The first kappa shape index (κ1) is 25.5. The maximum Gasteiger partial charge on any atom is 0.123 e. The Hall–Kier alpha value is -3.61. The van der Waals surface area contributed by atoms with E-state index in [0.29, 0.717) is 13.2 Å². The number of methoxy groups -OCH3 is 1. The number of H-pyrrole nitrogens is 1. The third-order valence-corrected chi connectivity index (χ3v) is 6.12. The van der Waals surface area contributed by atoms with E-state index in [9.17, 15) is 4.39 Å². The van der Waals surface area contributed by atoms with E-state index in [2.05, 4.69) is 58.7 Å². The molecule has 5 nitrogen and oxygen atoms in total. The number of rotatable bonds is 14. The predicted molar refractivity (Wildman–Crippen MR) is 143 cm³/mol. The SMILES string of the molecule is C=C(COCc1ccc(F)cc1)NCCCc1ccc(CNCc2c[nH]c3ccc(OC)cc23)cc1. The summed E-state index contributed by atoms with van der Waals surface area (Å²) in [6, 6.07) is 21.2. The van der Waals surface area contributed by atoms with Crippen molar-refractivity contribution in [2.75, 3.05) is 20.3 Å². The summed E-state index contributed by atoms with van der Waals surface area (Å²) in [6.45, 7) is 7.35. The van der Waals surface area contributed by atoms with Gasteiger partial charge in [-0.15, -0.1) is 0 Å². The molecule has 0 bridgehead atoms. The van der Waals surface area contributed by atoms with Crippen LogP contribution in [0.15, 0.2) is 85.2 Å². The Morgan fingerprint density at radius 3 is 2.47 bits per heavy atom. The second-order valence-electron chi connectivity index (χ2n) is 8.90. The van der Waals surface area contributed by atoms with E-state index >= 15 is 0 Å². The van der Waals surface area contributed by atoms with Gasteiger partial charge in [0.2, 0.25) is 0 Å². The van der Waals surface area contributed by atoms with Crippen LogP contribution in [0.4, 0.5) is 4.39 Å². The first-order valence-corrected chi connectivity index (χ1v) is 12.3. The van der Waals surface area contributed by atoms with Crippen LogP contribution in [0.3, 0.4) is 0 Å². The van der Waals surface area contributed by atoms with Crippen LogP contribution in [-0.4, -0.2) is 25.2 Å². The van der Waals surface area contributed by atoms with E-state index in [4.69, 9.17) is 9.47 Å². The number of aromatic nitrogens is 1. The average molecular weight is 488 g/mol. The molecule has 0 spiro atoms. The first-order valence-electron chi connectivity index (χ1n) is 12.3. The molecule has 0 amide bonds. The summed E-state index contributed by atoms with van der Waals surface area (Å²) < 4.78 is 23.9. The molecule has 3 aromatic carbocycles. The summed E-state index contributed by atoms with van der Waals surface area (Å²) in [6.07, 6.45) is 4.07. The largest absolute Gasteiger partial charge is 0.497 e. The Labute approximate surface area is 212 Å². The van der Waals surface area contributed by atoms with Crippen molar-refractivity contribution in [3.63, 3.8) is 0 Å². The fraction of sp³-hybridized carbons (Fsp3) is 0.267. The minimum atomic E-state index is -0.237. The molecule has 1 heterocycles. The lowest BCUT2D eigenvalue weighted by Gasteiger charge is -2.11. The monoisotopic (exact) mass is 487 g/mol. The van der Waals surface area contributed by atoms with Crippen LogP contribution >= 0.6 is 0 Å². The smallest absolute Gasteiger partial charge is 0.123 e. The van der Waals surface area contributed by atoms with E-state index in [1.165, 1.54) is 34.2 Å². The molecule has 0 radical (unpaired) electrons. The summed E-state index contributed by atoms with van der Waals surface area (Å²) in [5.74, 6) is 0.632. The van der Waals surface area contributed by atoms with E-state index < -0.39 is 0 Å². The number of benzene rings is 3. The summed E-state index contributed by atoms with van der Waals surface area (Å²) in [7, 11) is 1.69. The topological polar surface area (TPSA) is 58.3 Å². The van der Waals surface area contributed by atoms with Gasteiger partial charge in [-0.3, -0.25) is 0 Å². The molecular formula is C30H34FN3O2. The molecule has 0 aliphatic rings. The lowest BCUT2D eigenvalue weighted by atomic mass is 10.1. The molecule has 0 aliphatic heterocycles. The fourth-order valence-corrected chi connectivity index (χ4v) is 4.08. The number of aromatic amines is 1. The van der Waals surface area contributed by atoms with Crippen molar-refractivity contribution >= 4 is 10.9 Å². The Kier molecular flexibility index (Phi) is 9.14. The molecule has 36 heavy (non-hydrogen) atoms. The van der Waals surface area contributed by atoms with Crippen molar-refractivity contribution < 1.29 is 13.9 Å². The Balaban J connectivity index is 1.11. The molecule has 0 atom stereocenters. The van der Waals surface area contributed by atoms with Crippen LogP contribution in [0.5, 0.6) is 5.75 Å². The van der Waals surface area contributed by atoms with E-state index in [1.807, 2.05) is 12.1 Å². The summed E-state index contributed by atoms with van der Waals surface area (Å²) in [5, 5.41) is 8.05. The zero-order chi connectivity index (χ0) is 25.2. The molecule has 6 heteroatoms.